The SMILES string of the molecule is NS(=O)(=O)c1ccc(CC(=O)OC2CCOCC2)s1. The minimum atomic E-state index is -3.70. The highest BCUT2D eigenvalue weighted by molar-refractivity contribution is 7.91. The van der Waals surface area contributed by atoms with Crippen LogP contribution >= 0.6 is 11.3 Å². The lowest BCUT2D eigenvalue weighted by Crippen LogP contribution is -2.26. The summed E-state index contributed by atoms with van der Waals surface area (Å²) in [7, 11) is -3.70. The Morgan fingerprint density at radius 2 is 2.11 bits per heavy atom. The number of thiophene rings is 1. The number of sulfonamides is 1. The fraction of sp³-hybridized carbons (Fsp3) is 0.545. The fourth-order valence-electron chi connectivity index (χ4n) is 1.77. The first-order valence-electron chi connectivity index (χ1n) is 5.84. The van der Waals surface area contributed by atoms with Crippen molar-refractivity contribution in [2.45, 2.75) is 29.6 Å². The van der Waals surface area contributed by atoms with Crippen LogP contribution < -0.4 is 5.14 Å². The van der Waals surface area contributed by atoms with E-state index in [1.54, 1.807) is 6.07 Å². The molecular weight excluding hydrogens is 290 g/mol. The lowest BCUT2D eigenvalue weighted by molar-refractivity contribution is -0.152. The van der Waals surface area contributed by atoms with Crippen LogP contribution in [0, 0.1) is 0 Å². The van der Waals surface area contributed by atoms with Gasteiger partial charge < -0.3 is 9.47 Å². The Morgan fingerprint density at radius 3 is 2.68 bits per heavy atom. The van der Waals surface area contributed by atoms with E-state index in [2.05, 4.69) is 0 Å². The summed E-state index contributed by atoms with van der Waals surface area (Å²) in [6.07, 6.45) is 1.38. The van der Waals surface area contributed by atoms with E-state index in [0.29, 0.717) is 30.9 Å². The molecule has 0 saturated carbocycles. The van der Waals surface area contributed by atoms with Crippen molar-refractivity contribution in [2.24, 2.45) is 5.14 Å². The zero-order valence-corrected chi connectivity index (χ0v) is 11.8. The first-order valence-corrected chi connectivity index (χ1v) is 8.20. The molecule has 0 spiro atoms. The van der Waals surface area contributed by atoms with E-state index in [0.717, 1.165) is 11.3 Å². The third kappa shape index (κ3) is 4.27. The minimum Gasteiger partial charge on any atom is -0.462 e. The Labute approximate surface area is 115 Å². The number of ether oxygens (including phenoxy) is 2. The molecule has 8 heteroatoms. The molecule has 1 aliphatic heterocycles. The highest BCUT2D eigenvalue weighted by Gasteiger charge is 2.19. The molecule has 0 bridgehead atoms. The van der Waals surface area contributed by atoms with Crippen molar-refractivity contribution in [1.82, 2.24) is 0 Å². The standard InChI is InChI=1S/C11H15NO5S2/c12-19(14,15)11-2-1-9(18-11)7-10(13)17-8-3-5-16-6-4-8/h1-2,8H,3-7H2,(H2,12,14,15). The van der Waals surface area contributed by atoms with E-state index in [9.17, 15) is 13.2 Å². The van der Waals surface area contributed by atoms with Gasteiger partial charge in [0.1, 0.15) is 10.3 Å². The monoisotopic (exact) mass is 305 g/mol. The van der Waals surface area contributed by atoms with Crippen molar-refractivity contribution in [3.63, 3.8) is 0 Å². The van der Waals surface area contributed by atoms with Gasteiger partial charge in [-0.05, 0) is 12.1 Å². The summed E-state index contributed by atoms with van der Waals surface area (Å²) in [4.78, 5) is 12.3. The molecule has 1 aliphatic rings. The second-order valence-electron chi connectivity index (χ2n) is 4.24. The van der Waals surface area contributed by atoms with Crippen LogP contribution in [0.2, 0.25) is 0 Å². The lowest BCUT2D eigenvalue weighted by atomic mass is 10.1. The van der Waals surface area contributed by atoms with Gasteiger partial charge in [-0.2, -0.15) is 0 Å². The molecule has 2 N–H and O–H groups in total. The molecule has 2 heterocycles. The van der Waals surface area contributed by atoms with Crippen LogP contribution in [0.15, 0.2) is 16.3 Å². The van der Waals surface area contributed by atoms with E-state index in [1.165, 1.54) is 6.07 Å². The van der Waals surface area contributed by atoms with Gasteiger partial charge in [0.05, 0.1) is 19.6 Å². The van der Waals surface area contributed by atoms with Crippen molar-refractivity contribution >= 4 is 27.3 Å². The summed E-state index contributed by atoms with van der Waals surface area (Å²) in [6.45, 7) is 1.21. The van der Waals surface area contributed by atoms with E-state index in [-0.39, 0.29) is 22.7 Å². The highest BCUT2D eigenvalue weighted by Crippen LogP contribution is 2.21. The Bertz CT molecular complexity index is 545. The molecule has 0 amide bonds. The molecule has 1 saturated heterocycles. The number of primary sulfonamides is 1. The average molecular weight is 305 g/mol. The van der Waals surface area contributed by atoms with Gasteiger partial charge in [0.15, 0.2) is 0 Å². The van der Waals surface area contributed by atoms with E-state index >= 15 is 0 Å². The first kappa shape index (κ1) is 14.4. The number of esters is 1. The summed E-state index contributed by atoms with van der Waals surface area (Å²) >= 11 is 0.992. The number of hydrogen-bond acceptors (Lipinski definition) is 6. The number of rotatable bonds is 4. The Morgan fingerprint density at radius 1 is 1.42 bits per heavy atom. The second kappa shape index (κ2) is 6.00. The second-order valence-corrected chi connectivity index (χ2v) is 7.20. The molecule has 106 valence electrons. The van der Waals surface area contributed by atoms with Crippen LogP contribution in [0.3, 0.4) is 0 Å². The Balaban J connectivity index is 1.90. The summed E-state index contributed by atoms with van der Waals surface area (Å²) < 4.78 is 32.7. The lowest BCUT2D eigenvalue weighted by Gasteiger charge is -2.22. The van der Waals surface area contributed by atoms with Crippen molar-refractivity contribution < 1.29 is 22.7 Å². The molecule has 0 atom stereocenters. The van der Waals surface area contributed by atoms with Crippen molar-refractivity contribution in [3.8, 4) is 0 Å². The highest BCUT2D eigenvalue weighted by atomic mass is 32.2. The largest absolute Gasteiger partial charge is 0.462 e. The molecule has 19 heavy (non-hydrogen) atoms. The number of nitrogens with two attached hydrogens (primary N) is 1. The van der Waals surface area contributed by atoms with E-state index in [4.69, 9.17) is 14.6 Å². The molecular formula is C11H15NO5S2. The molecule has 2 rings (SSSR count). The predicted octanol–water partition coefficient (Wildman–Crippen LogP) is 0.660. The quantitative estimate of drug-likeness (QED) is 0.824. The zero-order chi connectivity index (χ0) is 13.9. The van der Waals surface area contributed by atoms with Gasteiger partial charge in [0, 0.05) is 17.7 Å². The number of carbonyl (C=O) groups is 1. The Kier molecular flexibility index (Phi) is 4.56. The van der Waals surface area contributed by atoms with Crippen molar-refractivity contribution in [1.29, 1.82) is 0 Å². The smallest absolute Gasteiger partial charge is 0.311 e. The van der Waals surface area contributed by atoms with E-state index < -0.39 is 10.0 Å². The molecule has 0 radical (unpaired) electrons. The topological polar surface area (TPSA) is 95.7 Å². The van der Waals surface area contributed by atoms with Gasteiger partial charge >= 0.3 is 5.97 Å². The maximum Gasteiger partial charge on any atom is 0.311 e. The minimum absolute atomic E-state index is 0.0568. The summed E-state index contributed by atoms with van der Waals surface area (Å²) in [5.41, 5.74) is 0. The molecule has 0 unspecified atom stereocenters. The predicted molar refractivity (Wildman–Crippen MR) is 69.3 cm³/mol. The van der Waals surface area contributed by atoms with Crippen LogP contribution in [0.5, 0.6) is 0 Å². The normalized spacial score (nSPS) is 17.3. The molecule has 1 fully saturated rings. The molecule has 0 aliphatic carbocycles. The van der Waals surface area contributed by atoms with Gasteiger partial charge in [0.25, 0.3) is 0 Å². The first-order chi connectivity index (χ1) is 8.95. The third-order valence-electron chi connectivity index (χ3n) is 2.70. The van der Waals surface area contributed by atoms with Gasteiger partial charge in [-0.25, -0.2) is 13.6 Å². The number of hydrogen-bond donors (Lipinski definition) is 1. The molecule has 6 nitrogen and oxygen atoms in total. The van der Waals surface area contributed by atoms with Gasteiger partial charge in [-0.3, -0.25) is 4.79 Å². The van der Waals surface area contributed by atoms with E-state index in [1.807, 2.05) is 0 Å². The van der Waals surface area contributed by atoms with Gasteiger partial charge in [-0.1, -0.05) is 0 Å². The maximum absolute atomic E-state index is 11.7. The van der Waals surface area contributed by atoms with Crippen LogP contribution in [-0.4, -0.2) is 33.7 Å². The Hall–Kier alpha value is -0.960. The molecule has 0 aromatic carbocycles. The summed E-state index contributed by atoms with van der Waals surface area (Å²) in [6, 6.07) is 2.98. The fourth-order valence-corrected chi connectivity index (χ4v) is 3.53. The summed E-state index contributed by atoms with van der Waals surface area (Å²) in [5, 5.41) is 5.00. The van der Waals surface area contributed by atoms with Crippen LogP contribution in [-0.2, 0) is 30.7 Å². The average Bonchev–Trinajstić information content (AvgIpc) is 2.78. The molecule has 1 aromatic rings. The molecule has 1 aromatic heterocycles. The van der Waals surface area contributed by atoms with Crippen LogP contribution in [0.1, 0.15) is 17.7 Å². The van der Waals surface area contributed by atoms with Crippen molar-refractivity contribution in [2.75, 3.05) is 13.2 Å². The van der Waals surface area contributed by atoms with Crippen molar-refractivity contribution in [3.05, 3.63) is 17.0 Å². The van der Waals surface area contributed by atoms with Gasteiger partial charge in [-0.15, -0.1) is 11.3 Å². The van der Waals surface area contributed by atoms with Crippen LogP contribution in [0.25, 0.3) is 0 Å². The van der Waals surface area contributed by atoms with Gasteiger partial charge in [0.2, 0.25) is 10.0 Å². The maximum atomic E-state index is 11.7. The third-order valence-corrected chi connectivity index (χ3v) is 5.23. The summed E-state index contributed by atoms with van der Waals surface area (Å²) in [5.74, 6) is -0.352. The van der Waals surface area contributed by atoms with Crippen LogP contribution in [0.4, 0.5) is 0 Å². The zero-order valence-electron chi connectivity index (χ0n) is 10.2. The number of carbonyl (C=O) groups excluding carboxylic acids is 1.